The topological polar surface area (TPSA) is 119 Å². The Bertz CT molecular complexity index is 1430. The van der Waals surface area contributed by atoms with E-state index < -0.39 is 26.7 Å². The van der Waals surface area contributed by atoms with Gasteiger partial charge in [0.25, 0.3) is 5.91 Å². The molecule has 0 aliphatic carbocycles. The second-order valence-corrected chi connectivity index (χ2v) is 9.84. The van der Waals surface area contributed by atoms with Crippen LogP contribution in [0.25, 0.3) is 0 Å². The third-order valence-corrected chi connectivity index (χ3v) is 6.67. The van der Waals surface area contributed by atoms with Gasteiger partial charge >= 0.3 is 0 Å². The number of halogens is 1. The van der Waals surface area contributed by atoms with E-state index in [0.717, 1.165) is 0 Å². The van der Waals surface area contributed by atoms with Crippen molar-refractivity contribution < 1.29 is 26.4 Å². The maximum absolute atomic E-state index is 14.2. The van der Waals surface area contributed by atoms with Gasteiger partial charge in [-0.2, -0.15) is 0 Å². The Morgan fingerprint density at radius 2 is 1.86 bits per heavy atom. The number of furan rings is 2. The zero-order valence-corrected chi connectivity index (χ0v) is 19.9. The molecule has 3 heterocycles. The number of rotatable bonds is 9. The first-order valence-electron chi connectivity index (χ1n) is 10.7. The molecule has 4 aromatic rings. The molecule has 0 unspecified atom stereocenters. The van der Waals surface area contributed by atoms with E-state index in [-0.39, 0.29) is 35.9 Å². The molecule has 182 valence electrons. The number of nitrogens with zero attached hydrogens (tertiary/aromatic N) is 3. The molecule has 3 aromatic heterocycles. The fourth-order valence-electron chi connectivity index (χ4n) is 3.36. The van der Waals surface area contributed by atoms with Crippen LogP contribution in [0.5, 0.6) is 0 Å². The second-order valence-electron chi connectivity index (χ2n) is 7.67. The minimum absolute atomic E-state index is 0.0683. The number of carbonyl (C=O) groups excluding carboxylic acids is 1. The molecule has 0 fully saturated rings. The van der Waals surface area contributed by atoms with Gasteiger partial charge in [0.05, 0.1) is 42.7 Å². The van der Waals surface area contributed by atoms with E-state index in [9.17, 15) is 17.6 Å². The number of sulfone groups is 1. The number of para-hydroxylation sites is 1. The van der Waals surface area contributed by atoms with Gasteiger partial charge in [-0.15, -0.1) is 0 Å². The third-order valence-electron chi connectivity index (χ3n) is 5.15. The van der Waals surface area contributed by atoms with Gasteiger partial charge in [-0.3, -0.25) is 4.79 Å². The Morgan fingerprint density at radius 1 is 1.09 bits per heavy atom. The number of hydrogen-bond acceptors (Lipinski definition) is 8. The molecule has 0 atom stereocenters. The van der Waals surface area contributed by atoms with Gasteiger partial charge in [0.2, 0.25) is 15.0 Å². The van der Waals surface area contributed by atoms with Crippen LogP contribution < -0.4 is 10.2 Å². The van der Waals surface area contributed by atoms with Gasteiger partial charge in [0.1, 0.15) is 23.1 Å². The van der Waals surface area contributed by atoms with Crippen molar-refractivity contribution in [3.05, 3.63) is 89.8 Å². The molecule has 0 bridgehead atoms. The molecular formula is C24H23FN4O5S. The zero-order valence-electron chi connectivity index (χ0n) is 19.1. The van der Waals surface area contributed by atoms with Crippen LogP contribution in [0.3, 0.4) is 0 Å². The Balaban J connectivity index is 1.80. The lowest BCUT2D eigenvalue weighted by Gasteiger charge is -2.24. The third kappa shape index (κ3) is 5.57. The van der Waals surface area contributed by atoms with Crippen LogP contribution in [-0.2, 0) is 22.9 Å². The number of amides is 1. The van der Waals surface area contributed by atoms with Crippen molar-refractivity contribution in [3.63, 3.8) is 0 Å². The normalized spacial score (nSPS) is 11.4. The zero-order chi connectivity index (χ0) is 25.0. The smallest absolute Gasteiger partial charge is 0.276 e. The van der Waals surface area contributed by atoms with Crippen LogP contribution in [-0.4, -0.2) is 30.0 Å². The van der Waals surface area contributed by atoms with E-state index in [0.29, 0.717) is 17.3 Å². The fourth-order valence-corrected chi connectivity index (χ4v) is 4.06. The first-order valence-corrected chi connectivity index (χ1v) is 12.4. The summed E-state index contributed by atoms with van der Waals surface area (Å²) in [7, 11) is -3.82. The van der Waals surface area contributed by atoms with Crippen LogP contribution in [0, 0.1) is 12.7 Å². The molecule has 4 rings (SSSR count). The summed E-state index contributed by atoms with van der Waals surface area (Å²) in [5.41, 5.74) is -0.0781. The lowest BCUT2D eigenvalue weighted by molar-refractivity contribution is 0.102. The summed E-state index contributed by atoms with van der Waals surface area (Å²) in [4.78, 5) is 23.1. The molecule has 1 aromatic carbocycles. The van der Waals surface area contributed by atoms with E-state index in [1.807, 2.05) is 0 Å². The number of nitrogens with one attached hydrogen (secondary N) is 1. The standard InChI is InChI=1S/C24H23FN4O5S/c1-3-35(31,32)24-26-13-21(22(28-24)23(30)27-20-9-5-4-8-19(20)25)29(14-17-7-6-12-33-17)15-18-11-10-16(2)34-18/h4-13H,3,14-15H2,1-2H3,(H,27,30). The summed E-state index contributed by atoms with van der Waals surface area (Å²) in [6.45, 7) is 3.67. The molecule has 9 nitrogen and oxygen atoms in total. The van der Waals surface area contributed by atoms with Crippen molar-refractivity contribution in [3.8, 4) is 0 Å². The monoisotopic (exact) mass is 498 g/mol. The SMILES string of the molecule is CCS(=O)(=O)c1ncc(N(Cc2ccco2)Cc2ccc(C)o2)c(C(=O)Nc2ccccc2F)n1. The molecule has 1 amide bonds. The summed E-state index contributed by atoms with van der Waals surface area (Å²) < 4.78 is 50.3. The van der Waals surface area contributed by atoms with E-state index in [1.54, 1.807) is 42.2 Å². The molecule has 11 heteroatoms. The van der Waals surface area contributed by atoms with Crippen molar-refractivity contribution >= 4 is 27.1 Å². The highest BCUT2D eigenvalue weighted by molar-refractivity contribution is 7.91. The van der Waals surface area contributed by atoms with E-state index in [4.69, 9.17) is 8.83 Å². The Hall–Kier alpha value is -3.99. The predicted molar refractivity (Wildman–Crippen MR) is 126 cm³/mol. The van der Waals surface area contributed by atoms with Crippen LogP contribution in [0.2, 0.25) is 0 Å². The maximum Gasteiger partial charge on any atom is 0.276 e. The summed E-state index contributed by atoms with van der Waals surface area (Å²) in [6.07, 6.45) is 2.79. The molecule has 0 aliphatic heterocycles. The quantitative estimate of drug-likeness (QED) is 0.338. The fraction of sp³-hybridized carbons (Fsp3) is 0.208. The summed E-state index contributed by atoms with van der Waals surface area (Å²) in [5.74, 6) is 0.203. The molecular weight excluding hydrogens is 475 g/mol. The average molecular weight is 499 g/mol. The number of carbonyl (C=O) groups is 1. The average Bonchev–Trinajstić information content (AvgIpc) is 3.51. The van der Waals surface area contributed by atoms with Crippen LogP contribution in [0.1, 0.15) is 34.7 Å². The lowest BCUT2D eigenvalue weighted by atomic mass is 10.2. The summed E-state index contributed by atoms with van der Waals surface area (Å²) in [6, 6.07) is 12.7. The van der Waals surface area contributed by atoms with Crippen molar-refractivity contribution in [2.75, 3.05) is 16.0 Å². The molecule has 0 radical (unpaired) electrons. The summed E-state index contributed by atoms with van der Waals surface area (Å²) >= 11 is 0. The number of benzene rings is 1. The minimum atomic E-state index is -3.82. The van der Waals surface area contributed by atoms with Gasteiger partial charge in [-0.25, -0.2) is 22.8 Å². The van der Waals surface area contributed by atoms with Crippen molar-refractivity contribution in [1.82, 2.24) is 9.97 Å². The van der Waals surface area contributed by atoms with Crippen LogP contribution in [0.4, 0.5) is 15.8 Å². The van der Waals surface area contributed by atoms with Gasteiger partial charge in [-0.1, -0.05) is 19.1 Å². The summed E-state index contributed by atoms with van der Waals surface area (Å²) in [5, 5.41) is 1.98. The van der Waals surface area contributed by atoms with Crippen LogP contribution >= 0.6 is 0 Å². The highest BCUT2D eigenvalue weighted by Gasteiger charge is 2.26. The predicted octanol–water partition coefficient (Wildman–Crippen LogP) is 4.36. The molecule has 35 heavy (non-hydrogen) atoms. The first kappa shape index (κ1) is 24.1. The molecule has 0 saturated heterocycles. The van der Waals surface area contributed by atoms with E-state index in [2.05, 4.69) is 15.3 Å². The van der Waals surface area contributed by atoms with Gasteiger partial charge in [-0.05, 0) is 43.3 Å². The molecule has 0 saturated carbocycles. The Labute approximate surface area is 201 Å². The van der Waals surface area contributed by atoms with E-state index in [1.165, 1.54) is 37.6 Å². The highest BCUT2D eigenvalue weighted by atomic mass is 32.2. The highest BCUT2D eigenvalue weighted by Crippen LogP contribution is 2.26. The van der Waals surface area contributed by atoms with Gasteiger partial charge in [0, 0.05) is 0 Å². The number of aryl methyl sites for hydroxylation is 1. The number of aromatic nitrogens is 2. The molecule has 0 aliphatic rings. The van der Waals surface area contributed by atoms with Crippen LogP contribution in [0.15, 0.2) is 75.0 Å². The Kier molecular flexibility index (Phi) is 6.97. The first-order chi connectivity index (χ1) is 16.8. The van der Waals surface area contributed by atoms with E-state index >= 15 is 0 Å². The largest absolute Gasteiger partial charge is 0.467 e. The second kappa shape index (κ2) is 10.1. The minimum Gasteiger partial charge on any atom is -0.467 e. The molecule has 0 spiro atoms. The van der Waals surface area contributed by atoms with Gasteiger partial charge < -0.3 is 19.1 Å². The molecule has 1 N–H and O–H groups in total. The lowest BCUT2D eigenvalue weighted by Crippen LogP contribution is -2.27. The maximum atomic E-state index is 14.2. The van der Waals surface area contributed by atoms with Gasteiger partial charge in [0.15, 0.2) is 5.69 Å². The number of hydrogen-bond donors (Lipinski definition) is 1. The Morgan fingerprint density at radius 3 is 2.51 bits per heavy atom. The number of anilines is 2. The van der Waals surface area contributed by atoms with Crippen molar-refractivity contribution in [2.24, 2.45) is 0 Å². The van der Waals surface area contributed by atoms with Crippen molar-refractivity contribution in [2.45, 2.75) is 32.1 Å². The van der Waals surface area contributed by atoms with Crippen molar-refractivity contribution in [1.29, 1.82) is 0 Å².